The highest BCUT2D eigenvalue weighted by Gasteiger charge is 2.31. The first-order valence-corrected chi connectivity index (χ1v) is 6.83. The fraction of sp³-hybridized carbons (Fsp3) is 0.533. The molecule has 1 aliphatic rings. The monoisotopic (exact) mass is 282 g/mol. The van der Waals surface area contributed by atoms with E-state index >= 15 is 0 Å². The number of rotatable bonds is 3. The molecule has 1 saturated carbocycles. The summed E-state index contributed by atoms with van der Waals surface area (Å²) in [6.07, 6.45) is 1.00. The van der Waals surface area contributed by atoms with Gasteiger partial charge in [-0.2, -0.15) is 18.4 Å². The van der Waals surface area contributed by atoms with Crippen molar-refractivity contribution in [3.05, 3.63) is 35.4 Å². The summed E-state index contributed by atoms with van der Waals surface area (Å²) >= 11 is 0. The van der Waals surface area contributed by atoms with Gasteiger partial charge in [-0.25, -0.2) is 0 Å². The summed E-state index contributed by atoms with van der Waals surface area (Å²) in [7, 11) is 0. The van der Waals surface area contributed by atoms with E-state index in [9.17, 15) is 18.4 Å². The molecule has 1 aromatic carbocycles. The minimum Gasteiger partial charge on any atom is -0.295 e. The zero-order valence-corrected chi connectivity index (χ0v) is 11.1. The third-order valence-corrected chi connectivity index (χ3v) is 3.68. The highest BCUT2D eigenvalue weighted by atomic mass is 19.4. The van der Waals surface area contributed by atoms with Crippen molar-refractivity contribution in [2.45, 2.75) is 50.4 Å². The van der Waals surface area contributed by atoms with Crippen LogP contribution in [0.1, 0.15) is 49.3 Å². The second-order valence-electron chi connectivity index (χ2n) is 5.19. The Hall–Kier alpha value is -1.54. The number of hydrogen-bond donors (Lipinski definition) is 1. The summed E-state index contributed by atoms with van der Waals surface area (Å²) in [6.45, 7) is 0. The Kier molecular flexibility index (Phi) is 4.66. The molecule has 1 atom stereocenters. The van der Waals surface area contributed by atoms with Crippen LogP contribution in [0.3, 0.4) is 0 Å². The fourth-order valence-electron chi connectivity index (χ4n) is 2.61. The molecule has 5 heteroatoms. The van der Waals surface area contributed by atoms with Gasteiger partial charge in [-0.1, -0.05) is 31.4 Å². The summed E-state index contributed by atoms with van der Waals surface area (Å²) in [5.41, 5.74) is -0.325. The van der Waals surface area contributed by atoms with Gasteiger partial charge in [0.2, 0.25) is 0 Å². The van der Waals surface area contributed by atoms with Crippen LogP contribution < -0.4 is 5.32 Å². The molecule has 1 aromatic rings. The molecule has 20 heavy (non-hydrogen) atoms. The van der Waals surface area contributed by atoms with E-state index in [0.717, 1.165) is 37.8 Å². The molecule has 0 aliphatic heterocycles. The van der Waals surface area contributed by atoms with E-state index < -0.39 is 17.8 Å². The summed E-state index contributed by atoms with van der Waals surface area (Å²) in [6, 6.07) is 6.62. The molecular weight excluding hydrogens is 265 g/mol. The van der Waals surface area contributed by atoms with Crippen molar-refractivity contribution in [1.29, 1.82) is 5.26 Å². The average Bonchev–Trinajstić information content (AvgIpc) is 2.45. The van der Waals surface area contributed by atoms with Crippen LogP contribution in [-0.2, 0) is 6.18 Å². The molecule has 2 nitrogen and oxygen atoms in total. The third-order valence-electron chi connectivity index (χ3n) is 3.68. The molecule has 1 N–H and O–H groups in total. The molecule has 2 rings (SSSR count). The zero-order chi connectivity index (χ0) is 14.6. The lowest BCUT2D eigenvalue weighted by Crippen LogP contribution is -2.33. The summed E-state index contributed by atoms with van der Waals surface area (Å²) in [4.78, 5) is 0. The van der Waals surface area contributed by atoms with Crippen LogP contribution in [0.5, 0.6) is 0 Å². The van der Waals surface area contributed by atoms with Crippen LogP contribution in [-0.4, -0.2) is 6.04 Å². The number of hydrogen-bond acceptors (Lipinski definition) is 2. The van der Waals surface area contributed by atoms with Crippen LogP contribution in [0.4, 0.5) is 13.2 Å². The molecule has 0 radical (unpaired) electrons. The maximum absolute atomic E-state index is 12.7. The van der Waals surface area contributed by atoms with Gasteiger partial charge >= 0.3 is 6.18 Å². The Labute approximate surface area is 116 Å². The van der Waals surface area contributed by atoms with E-state index in [4.69, 9.17) is 0 Å². The minimum atomic E-state index is -4.37. The molecule has 0 bridgehead atoms. The second-order valence-corrected chi connectivity index (χ2v) is 5.19. The Morgan fingerprint density at radius 1 is 1.20 bits per heavy atom. The first kappa shape index (κ1) is 14.9. The lowest BCUT2D eigenvalue weighted by Gasteiger charge is -2.25. The van der Waals surface area contributed by atoms with Gasteiger partial charge in [0, 0.05) is 6.04 Å². The maximum Gasteiger partial charge on any atom is 0.416 e. The Bertz CT molecular complexity index is 485. The van der Waals surface area contributed by atoms with E-state index in [1.165, 1.54) is 12.5 Å². The molecule has 108 valence electrons. The van der Waals surface area contributed by atoms with Crippen molar-refractivity contribution in [3.8, 4) is 6.07 Å². The predicted octanol–water partition coefficient (Wildman–Crippen LogP) is 4.19. The number of halogens is 3. The molecule has 0 heterocycles. The van der Waals surface area contributed by atoms with Gasteiger partial charge in [0.1, 0.15) is 6.04 Å². The van der Waals surface area contributed by atoms with E-state index in [-0.39, 0.29) is 6.04 Å². The van der Waals surface area contributed by atoms with Crippen LogP contribution in [0.2, 0.25) is 0 Å². The highest BCUT2D eigenvalue weighted by Crippen LogP contribution is 2.31. The molecule has 1 fully saturated rings. The highest BCUT2D eigenvalue weighted by molar-refractivity contribution is 5.31. The van der Waals surface area contributed by atoms with Gasteiger partial charge < -0.3 is 0 Å². The van der Waals surface area contributed by atoms with Crippen LogP contribution in [0.25, 0.3) is 0 Å². The fourth-order valence-corrected chi connectivity index (χ4v) is 2.61. The first-order valence-electron chi connectivity index (χ1n) is 6.83. The van der Waals surface area contributed by atoms with Crippen molar-refractivity contribution in [1.82, 2.24) is 5.32 Å². The predicted molar refractivity (Wildman–Crippen MR) is 69.8 cm³/mol. The van der Waals surface area contributed by atoms with E-state index in [1.54, 1.807) is 6.07 Å². The Morgan fingerprint density at radius 3 is 2.50 bits per heavy atom. The number of nitrogens with zero attached hydrogens (tertiary/aromatic N) is 1. The van der Waals surface area contributed by atoms with Gasteiger partial charge in [-0.15, -0.1) is 0 Å². The van der Waals surface area contributed by atoms with Gasteiger partial charge in [0.25, 0.3) is 0 Å². The smallest absolute Gasteiger partial charge is 0.295 e. The number of nitriles is 1. The van der Waals surface area contributed by atoms with Gasteiger partial charge in [0.05, 0.1) is 11.6 Å². The molecule has 0 amide bonds. The second kappa shape index (κ2) is 6.27. The summed E-state index contributed by atoms with van der Waals surface area (Å²) in [5.74, 6) is 0. The van der Waals surface area contributed by atoms with Gasteiger partial charge in [-0.3, -0.25) is 5.32 Å². The molecule has 0 aromatic heterocycles. The van der Waals surface area contributed by atoms with E-state index in [0.29, 0.717) is 5.56 Å². The van der Waals surface area contributed by atoms with Crippen molar-refractivity contribution < 1.29 is 13.2 Å². The lowest BCUT2D eigenvalue weighted by atomic mass is 9.94. The Morgan fingerprint density at radius 2 is 1.90 bits per heavy atom. The number of benzene rings is 1. The normalized spacial score (nSPS) is 18.5. The summed E-state index contributed by atoms with van der Waals surface area (Å²) < 4.78 is 38.1. The minimum absolute atomic E-state index is 0.225. The number of alkyl halides is 3. The van der Waals surface area contributed by atoms with Crippen molar-refractivity contribution >= 4 is 0 Å². The average molecular weight is 282 g/mol. The lowest BCUT2D eigenvalue weighted by molar-refractivity contribution is -0.137. The largest absolute Gasteiger partial charge is 0.416 e. The van der Waals surface area contributed by atoms with Crippen LogP contribution >= 0.6 is 0 Å². The maximum atomic E-state index is 12.7. The molecular formula is C15H17F3N2. The quantitative estimate of drug-likeness (QED) is 0.902. The van der Waals surface area contributed by atoms with Crippen molar-refractivity contribution in [2.75, 3.05) is 0 Å². The Balaban J connectivity index is 2.13. The molecule has 0 saturated heterocycles. The van der Waals surface area contributed by atoms with Crippen LogP contribution in [0.15, 0.2) is 24.3 Å². The number of nitrogens with one attached hydrogen (secondary N) is 1. The van der Waals surface area contributed by atoms with Crippen molar-refractivity contribution in [3.63, 3.8) is 0 Å². The molecule has 1 aliphatic carbocycles. The van der Waals surface area contributed by atoms with Gasteiger partial charge in [0.15, 0.2) is 0 Å². The van der Waals surface area contributed by atoms with E-state index in [1.807, 2.05) is 0 Å². The molecule has 1 unspecified atom stereocenters. The first-order chi connectivity index (χ1) is 9.50. The SMILES string of the molecule is N#CC(NC1CCCCC1)c1cccc(C(F)(F)F)c1. The zero-order valence-electron chi connectivity index (χ0n) is 11.1. The van der Waals surface area contributed by atoms with Gasteiger partial charge in [-0.05, 0) is 30.5 Å². The topological polar surface area (TPSA) is 35.8 Å². The summed E-state index contributed by atoms with van der Waals surface area (Å²) in [5, 5.41) is 12.4. The standard InChI is InChI=1S/C15H17F3N2/c16-15(17,18)12-6-4-5-11(9-12)14(10-19)20-13-7-2-1-3-8-13/h4-6,9,13-14,20H,1-3,7-8H2. The van der Waals surface area contributed by atoms with Crippen molar-refractivity contribution in [2.24, 2.45) is 0 Å². The molecule has 0 spiro atoms. The van der Waals surface area contributed by atoms with Crippen LogP contribution in [0, 0.1) is 11.3 Å². The third kappa shape index (κ3) is 3.73. The van der Waals surface area contributed by atoms with E-state index in [2.05, 4.69) is 11.4 Å².